The second-order valence-electron chi connectivity index (χ2n) is 8.99. The molecule has 0 radical (unpaired) electrons. The van der Waals surface area contributed by atoms with E-state index in [0.29, 0.717) is 22.3 Å². The molecule has 4 saturated carbocycles. The molecule has 0 aliphatic heterocycles. The number of rotatable bonds is 4. The summed E-state index contributed by atoms with van der Waals surface area (Å²) >= 11 is 0. The zero-order chi connectivity index (χ0) is 13.9. The summed E-state index contributed by atoms with van der Waals surface area (Å²) in [5, 5.41) is 3.66. The Balaban J connectivity index is 1.93. The molecule has 0 heterocycles. The molecule has 4 bridgehead atoms. The van der Waals surface area contributed by atoms with E-state index in [1.165, 1.54) is 44.1 Å². The van der Waals surface area contributed by atoms with Crippen LogP contribution in [0.1, 0.15) is 65.7 Å². The standard InChI is InChI=1S/C18H31N/c1-13(2)6-15(19-5)18-9-14-7-16(3,11-18)10-17(4,8-14)12-18/h14-15,19H,1,6-12H2,2-5H3. The van der Waals surface area contributed by atoms with Crippen molar-refractivity contribution in [2.24, 2.45) is 22.2 Å². The first-order chi connectivity index (χ1) is 8.78. The minimum Gasteiger partial charge on any atom is -0.316 e. The van der Waals surface area contributed by atoms with Crippen LogP contribution in [-0.2, 0) is 0 Å². The summed E-state index contributed by atoms with van der Waals surface area (Å²) in [6, 6.07) is 0.645. The monoisotopic (exact) mass is 261 g/mol. The van der Waals surface area contributed by atoms with Gasteiger partial charge < -0.3 is 5.32 Å². The number of nitrogens with one attached hydrogen (secondary N) is 1. The average Bonchev–Trinajstić information content (AvgIpc) is 2.20. The van der Waals surface area contributed by atoms with E-state index < -0.39 is 0 Å². The maximum atomic E-state index is 4.17. The van der Waals surface area contributed by atoms with Gasteiger partial charge in [-0.3, -0.25) is 0 Å². The molecular formula is C18H31N. The fourth-order valence-corrected chi connectivity index (χ4v) is 6.90. The highest BCUT2D eigenvalue weighted by Crippen LogP contribution is 2.70. The zero-order valence-electron chi connectivity index (χ0n) is 13.3. The molecule has 4 fully saturated rings. The quantitative estimate of drug-likeness (QED) is 0.733. The van der Waals surface area contributed by atoms with E-state index in [2.05, 4.69) is 39.7 Å². The van der Waals surface area contributed by atoms with Crippen LogP contribution < -0.4 is 5.32 Å². The van der Waals surface area contributed by atoms with Gasteiger partial charge in [-0.25, -0.2) is 0 Å². The number of hydrogen-bond acceptors (Lipinski definition) is 1. The summed E-state index contributed by atoms with van der Waals surface area (Å²) in [5.74, 6) is 0.993. The Labute approximate surface area is 119 Å². The minimum absolute atomic E-state index is 0.552. The van der Waals surface area contributed by atoms with Crippen molar-refractivity contribution in [1.82, 2.24) is 5.32 Å². The second kappa shape index (κ2) is 4.10. The van der Waals surface area contributed by atoms with Crippen molar-refractivity contribution in [1.29, 1.82) is 0 Å². The Kier molecular flexibility index (Phi) is 2.95. The molecule has 0 saturated heterocycles. The molecule has 3 unspecified atom stereocenters. The second-order valence-corrected chi connectivity index (χ2v) is 8.99. The first kappa shape index (κ1) is 13.7. The third-order valence-electron chi connectivity index (χ3n) is 6.31. The Hall–Kier alpha value is -0.300. The first-order valence-electron chi connectivity index (χ1n) is 8.10. The SMILES string of the molecule is C=C(C)CC(NC)C12CC3CC(C)(CC(C)(C3)C1)C2. The fourth-order valence-electron chi connectivity index (χ4n) is 6.90. The molecule has 1 N–H and O–H groups in total. The third kappa shape index (κ3) is 2.18. The highest BCUT2D eigenvalue weighted by Gasteiger charge is 2.61. The molecule has 1 nitrogen and oxygen atoms in total. The van der Waals surface area contributed by atoms with Gasteiger partial charge in [0.15, 0.2) is 0 Å². The lowest BCUT2D eigenvalue weighted by Crippen LogP contribution is -2.61. The molecule has 0 aromatic heterocycles. The molecule has 0 aromatic carbocycles. The lowest BCUT2D eigenvalue weighted by atomic mass is 9.39. The van der Waals surface area contributed by atoms with Gasteiger partial charge in [-0.2, -0.15) is 0 Å². The van der Waals surface area contributed by atoms with E-state index in [1.54, 1.807) is 0 Å². The van der Waals surface area contributed by atoms with Gasteiger partial charge in [-0.1, -0.05) is 19.4 Å². The molecule has 4 aliphatic carbocycles. The van der Waals surface area contributed by atoms with Gasteiger partial charge in [-0.05, 0) is 81.1 Å². The van der Waals surface area contributed by atoms with Crippen molar-refractivity contribution in [2.45, 2.75) is 71.8 Å². The van der Waals surface area contributed by atoms with Crippen LogP contribution in [0.15, 0.2) is 12.2 Å². The van der Waals surface area contributed by atoms with Gasteiger partial charge in [0, 0.05) is 6.04 Å². The van der Waals surface area contributed by atoms with Crippen molar-refractivity contribution >= 4 is 0 Å². The van der Waals surface area contributed by atoms with E-state index in [0.717, 1.165) is 12.3 Å². The zero-order valence-corrected chi connectivity index (χ0v) is 13.3. The van der Waals surface area contributed by atoms with E-state index in [-0.39, 0.29) is 0 Å². The van der Waals surface area contributed by atoms with E-state index in [1.807, 2.05) is 0 Å². The van der Waals surface area contributed by atoms with Crippen LogP contribution in [0.5, 0.6) is 0 Å². The van der Waals surface area contributed by atoms with Crippen molar-refractivity contribution in [3.8, 4) is 0 Å². The van der Waals surface area contributed by atoms with E-state index >= 15 is 0 Å². The van der Waals surface area contributed by atoms with Gasteiger partial charge in [0.25, 0.3) is 0 Å². The molecule has 0 aromatic rings. The highest BCUT2D eigenvalue weighted by molar-refractivity contribution is 5.14. The van der Waals surface area contributed by atoms with Crippen molar-refractivity contribution in [3.63, 3.8) is 0 Å². The summed E-state index contributed by atoms with van der Waals surface area (Å²) in [4.78, 5) is 0. The predicted molar refractivity (Wildman–Crippen MR) is 82.1 cm³/mol. The van der Waals surface area contributed by atoms with Gasteiger partial charge in [0.05, 0.1) is 0 Å². The molecule has 108 valence electrons. The van der Waals surface area contributed by atoms with Crippen molar-refractivity contribution in [2.75, 3.05) is 7.05 Å². The van der Waals surface area contributed by atoms with E-state index in [4.69, 9.17) is 0 Å². The Morgan fingerprint density at radius 2 is 1.74 bits per heavy atom. The molecule has 4 aliphatic rings. The van der Waals surface area contributed by atoms with E-state index in [9.17, 15) is 0 Å². The summed E-state index contributed by atoms with van der Waals surface area (Å²) in [7, 11) is 2.16. The fraction of sp³-hybridized carbons (Fsp3) is 0.889. The summed E-state index contributed by atoms with van der Waals surface area (Å²) in [6.07, 6.45) is 9.99. The van der Waals surface area contributed by atoms with Crippen LogP contribution in [0.4, 0.5) is 0 Å². The van der Waals surface area contributed by atoms with Gasteiger partial charge in [0.1, 0.15) is 0 Å². The van der Waals surface area contributed by atoms with Crippen LogP contribution in [-0.4, -0.2) is 13.1 Å². The normalized spacial score (nSPS) is 49.4. The molecular weight excluding hydrogens is 230 g/mol. The van der Waals surface area contributed by atoms with Crippen LogP contribution >= 0.6 is 0 Å². The number of hydrogen-bond donors (Lipinski definition) is 1. The van der Waals surface area contributed by atoms with Crippen LogP contribution in [0.25, 0.3) is 0 Å². The smallest absolute Gasteiger partial charge is 0.0158 e. The minimum atomic E-state index is 0.552. The van der Waals surface area contributed by atoms with Gasteiger partial charge >= 0.3 is 0 Å². The Morgan fingerprint density at radius 3 is 2.16 bits per heavy atom. The Morgan fingerprint density at radius 1 is 1.16 bits per heavy atom. The lowest BCUT2D eigenvalue weighted by Gasteiger charge is -2.67. The van der Waals surface area contributed by atoms with Gasteiger partial charge in [-0.15, -0.1) is 6.58 Å². The summed E-state index contributed by atoms with van der Waals surface area (Å²) < 4.78 is 0. The highest BCUT2D eigenvalue weighted by atomic mass is 14.9. The lowest BCUT2D eigenvalue weighted by molar-refractivity contribution is -0.157. The van der Waals surface area contributed by atoms with Crippen LogP contribution in [0.2, 0.25) is 0 Å². The van der Waals surface area contributed by atoms with Gasteiger partial charge in [0.2, 0.25) is 0 Å². The third-order valence-corrected chi connectivity index (χ3v) is 6.31. The van der Waals surface area contributed by atoms with Crippen molar-refractivity contribution < 1.29 is 0 Å². The molecule has 0 amide bonds. The summed E-state index contributed by atoms with van der Waals surface area (Å²) in [6.45, 7) is 11.5. The molecule has 19 heavy (non-hydrogen) atoms. The Bertz CT molecular complexity index is 378. The molecule has 4 rings (SSSR count). The topological polar surface area (TPSA) is 12.0 Å². The maximum Gasteiger partial charge on any atom is 0.0158 e. The van der Waals surface area contributed by atoms with Crippen LogP contribution in [0, 0.1) is 22.2 Å². The molecule has 3 atom stereocenters. The maximum absolute atomic E-state index is 4.17. The first-order valence-corrected chi connectivity index (χ1v) is 8.10. The van der Waals surface area contributed by atoms with Crippen molar-refractivity contribution in [3.05, 3.63) is 12.2 Å². The van der Waals surface area contributed by atoms with Crippen LogP contribution in [0.3, 0.4) is 0 Å². The predicted octanol–water partition coefficient (Wildman–Crippen LogP) is 4.54. The largest absolute Gasteiger partial charge is 0.316 e. The molecule has 1 heteroatoms. The molecule has 0 spiro atoms. The summed E-state index contributed by atoms with van der Waals surface area (Å²) in [5.41, 5.74) is 3.14. The average molecular weight is 261 g/mol.